The van der Waals surface area contributed by atoms with E-state index in [0.717, 1.165) is 12.8 Å². The van der Waals surface area contributed by atoms with Crippen molar-refractivity contribution in [2.45, 2.75) is 52.6 Å². The normalized spacial score (nSPS) is 11.9. The molecule has 0 amide bonds. The van der Waals surface area contributed by atoms with Gasteiger partial charge in [-0.1, -0.05) is 31.8 Å². The molecule has 0 aliphatic rings. The number of esters is 1. The predicted molar refractivity (Wildman–Crippen MR) is 62.3 cm³/mol. The molecule has 0 heterocycles. The Hall–Kier alpha value is -1.23. The van der Waals surface area contributed by atoms with E-state index in [9.17, 15) is 4.79 Å². The van der Waals surface area contributed by atoms with Crippen LogP contribution >= 0.6 is 0 Å². The highest BCUT2D eigenvalue weighted by molar-refractivity contribution is 5.88. The van der Waals surface area contributed by atoms with Gasteiger partial charge in [0.15, 0.2) is 0 Å². The topological polar surface area (TPSA) is 26.3 Å². The molecule has 0 N–H and O–H groups in total. The maximum atomic E-state index is 11.1. The number of unbranched alkanes of at least 4 members (excludes halogenated alkanes) is 2. The van der Waals surface area contributed by atoms with E-state index in [1.807, 2.05) is 19.1 Å². The third-order valence-corrected chi connectivity index (χ3v) is 1.98. The van der Waals surface area contributed by atoms with Crippen LogP contribution in [0.15, 0.2) is 12.2 Å². The van der Waals surface area contributed by atoms with Crippen LogP contribution in [0.4, 0.5) is 0 Å². The van der Waals surface area contributed by atoms with Crippen molar-refractivity contribution in [3.8, 4) is 11.8 Å². The maximum Gasteiger partial charge on any atom is 0.384 e. The number of hydrogen-bond donors (Lipinski definition) is 0. The van der Waals surface area contributed by atoms with Gasteiger partial charge in [0.05, 0.1) is 0 Å². The van der Waals surface area contributed by atoms with E-state index in [0.29, 0.717) is 0 Å². The molecular formula is C13H20O2. The third kappa shape index (κ3) is 7.81. The summed E-state index contributed by atoms with van der Waals surface area (Å²) < 4.78 is 5.18. The zero-order chi connectivity index (χ0) is 11.5. The van der Waals surface area contributed by atoms with Crippen LogP contribution in [0.3, 0.4) is 0 Å². The predicted octanol–water partition coefficient (Wildman–Crippen LogP) is 3.08. The number of hydrogen-bond acceptors (Lipinski definition) is 2. The molecular weight excluding hydrogens is 188 g/mol. The minimum atomic E-state index is -0.433. The number of ether oxygens (including phenoxy) is 1. The standard InChI is InChI=1S/C13H20O2/c1-4-7-8-11-12(9-5-2)15-13(14)10-6-3/h5,9,12H,4,7-8,11H2,1-3H3/b9-5+. The molecule has 0 spiro atoms. The van der Waals surface area contributed by atoms with E-state index in [2.05, 4.69) is 18.8 Å². The molecule has 2 heteroatoms. The van der Waals surface area contributed by atoms with Crippen molar-refractivity contribution in [1.29, 1.82) is 0 Å². The fourth-order valence-corrected chi connectivity index (χ4v) is 1.27. The molecule has 1 unspecified atom stereocenters. The average Bonchev–Trinajstić information content (AvgIpc) is 2.18. The molecule has 2 nitrogen and oxygen atoms in total. The van der Waals surface area contributed by atoms with Crippen LogP contribution in [-0.2, 0) is 9.53 Å². The lowest BCUT2D eigenvalue weighted by molar-refractivity contribution is -0.140. The lowest BCUT2D eigenvalue weighted by atomic mass is 10.1. The number of allylic oxidation sites excluding steroid dienone is 1. The van der Waals surface area contributed by atoms with E-state index in [-0.39, 0.29) is 6.10 Å². The molecule has 0 aromatic heterocycles. The Morgan fingerprint density at radius 2 is 2.20 bits per heavy atom. The highest BCUT2D eigenvalue weighted by Gasteiger charge is 2.08. The first kappa shape index (κ1) is 13.8. The first-order valence-electron chi connectivity index (χ1n) is 5.50. The molecule has 0 radical (unpaired) electrons. The molecule has 0 fully saturated rings. The van der Waals surface area contributed by atoms with Gasteiger partial charge in [0.2, 0.25) is 0 Å². The van der Waals surface area contributed by atoms with Gasteiger partial charge >= 0.3 is 5.97 Å². The average molecular weight is 208 g/mol. The van der Waals surface area contributed by atoms with Crippen LogP contribution in [0.25, 0.3) is 0 Å². The van der Waals surface area contributed by atoms with Gasteiger partial charge in [-0.15, -0.1) is 0 Å². The van der Waals surface area contributed by atoms with Crippen LogP contribution < -0.4 is 0 Å². The fraction of sp³-hybridized carbons (Fsp3) is 0.615. The van der Waals surface area contributed by atoms with Gasteiger partial charge < -0.3 is 4.74 Å². The molecule has 0 saturated carbocycles. The minimum Gasteiger partial charge on any atom is -0.449 e. The van der Waals surface area contributed by atoms with Crippen molar-refractivity contribution in [2.24, 2.45) is 0 Å². The van der Waals surface area contributed by atoms with E-state index >= 15 is 0 Å². The minimum absolute atomic E-state index is 0.116. The van der Waals surface area contributed by atoms with E-state index in [1.54, 1.807) is 6.92 Å². The van der Waals surface area contributed by atoms with Gasteiger partial charge in [-0.25, -0.2) is 4.79 Å². The molecule has 0 aromatic carbocycles. The lowest BCUT2D eigenvalue weighted by Gasteiger charge is -2.11. The summed E-state index contributed by atoms with van der Waals surface area (Å²) in [5.41, 5.74) is 0. The molecule has 0 bridgehead atoms. The highest BCUT2D eigenvalue weighted by atomic mass is 16.5. The molecule has 0 rings (SSSR count). The Balaban J connectivity index is 4.01. The van der Waals surface area contributed by atoms with Crippen molar-refractivity contribution in [3.05, 3.63) is 12.2 Å². The maximum absolute atomic E-state index is 11.1. The van der Waals surface area contributed by atoms with Crippen molar-refractivity contribution in [3.63, 3.8) is 0 Å². The van der Waals surface area contributed by atoms with Gasteiger partial charge in [-0.05, 0) is 32.8 Å². The summed E-state index contributed by atoms with van der Waals surface area (Å²) in [4.78, 5) is 11.1. The Morgan fingerprint density at radius 1 is 1.47 bits per heavy atom. The fourth-order valence-electron chi connectivity index (χ4n) is 1.27. The number of carbonyl (C=O) groups is 1. The summed E-state index contributed by atoms with van der Waals surface area (Å²) in [5, 5.41) is 0. The zero-order valence-corrected chi connectivity index (χ0v) is 9.88. The lowest BCUT2D eigenvalue weighted by Crippen LogP contribution is -2.14. The van der Waals surface area contributed by atoms with Crippen LogP contribution in [0.5, 0.6) is 0 Å². The molecule has 0 aliphatic heterocycles. The van der Waals surface area contributed by atoms with Gasteiger partial charge in [0.1, 0.15) is 6.10 Å². The molecule has 84 valence electrons. The Morgan fingerprint density at radius 3 is 2.73 bits per heavy atom. The largest absolute Gasteiger partial charge is 0.449 e. The van der Waals surface area contributed by atoms with Crippen molar-refractivity contribution >= 4 is 5.97 Å². The van der Waals surface area contributed by atoms with Crippen LogP contribution in [0.1, 0.15) is 46.5 Å². The number of carbonyl (C=O) groups excluding carboxylic acids is 1. The zero-order valence-electron chi connectivity index (χ0n) is 9.88. The molecule has 0 aromatic rings. The van der Waals surface area contributed by atoms with Gasteiger partial charge in [0.25, 0.3) is 0 Å². The molecule has 15 heavy (non-hydrogen) atoms. The summed E-state index contributed by atoms with van der Waals surface area (Å²) in [6.07, 6.45) is 8.01. The van der Waals surface area contributed by atoms with E-state index < -0.39 is 5.97 Å². The Labute approximate surface area is 92.7 Å². The monoisotopic (exact) mass is 208 g/mol. The second kappa shape index (κ2) is 9.33. The van der Waals surface area contributed by atoms with Gasteiger partial charge in [-0.3, -0.25) is 0 Å². The first-order chi connectivity index (χ1) is 7.24. The first-order valence-corrected chi connectivity index (χ1v) is 5.50. The Bertz CT molecular complexity index is 255. The highest BCUT2D eigenvalue weighted by Crippen LogP contribution is 2.08. The van der Waals surface area contributed by atoms with Gasteiger partial charge in [0, 0.05) is 5.92 Å². The van der Waals surface area contributed by atoms with E-state index in [1.165, 1.54) is 12.8 Å². The summed E-state index contributed by atoms with van der Waals surface area (Å²) in [7, 11) is 0. The second-order valence-electron chi connectivity index (χ2n) is 3.34. The third-order valence-electron chi connectivity index (χ3n) is 1.98. The number of rotatable bonds is 6. The van der Waals surface area contributed by atoms with Crippen molar-refractivity contribution in [1.82, 2.24) is 0 Å². The second-order valence-corrected chi connectivity index (χ2v) is 3.34. The van der Waals surface area contributed by atoms with Crippen molar-refractivity contribution in [2.75, 3.05) is 0 Å². The van der Waals surface area contributed by atoms with Crippen LogP contribution in [-0.4, -0.2) is 12.1 Å². The Kier molecular flexibility index (Phi) is 8.56. The summed E-state index contributed by atoms with van der Waals surface area (Å²) in [6, 6.07) is 0. The summed E-state index contributed by atoms with van der Waals surface area (Å²) in [6.45, 7) is 5.70. The van der Waals surface area contributed by atoms with E-state index in [4.69, 9.17) is 4.74 Å². The summed E-state index contributed by atoms with van der Waals surface area (Å²) >= 11 is 0. The SMILES string of the molecule is CC#CC(=O)OC(/C=C/C)CCCCC. The smallest absolute Gasteiger partial charge is 0.384 e. The molecule has 1 atom stereocenters. The summed E-state index contributed by atoms with van der Waals surface area (Å²) in [5.74, 6) is 4.48. The van der Waals surface area contributed by atoms with Crippen LogP contribution in [0, 0.1) is 11.8 Å². The van der Waals surface area contributed by atoms with Crippen LogP contribution in [0.2, 0.25) is 0 Å². The quantitative estimate of drug-likeness (QED) is 0.220. The molecule has 0 saturated heterocycles. The van der Waals surface area contributed by atoms with Crippen molar-refractivity contribution < 1.29 is 9.53 Å². The van der Waals surface area contributed by atoms with Gasteiger partial charge in [-0.2, -0.15) is 0 Å². The molecule has 0 aliphatic carbocycles.